The lowest BCUT2D eigenvalue weighted by Crippen LogP contribution is -2.21. The van der Waals surface area contributed by atoms with E-state index in [2.05, 4.69) is 31.9 Å². The SMILES string of the molecule is CCc1cc(OCc2nc(-c3cccc(OC)c3OC)no2)nc(N2CCCC2)n1. The molecular formula is C21H25N5O4. The highest BCUT2D eigenvalue weighted by molar-refractivity contribution is 5.68. The van der Waals surface area contributed by atoms with Crippen LogP contribution in [-0.4, -0.2) is 47.4 Å². The molecule has 1 aliphatic heterocycles. The van der Waals surface area contributed by atoms with Crippen LogP contribution in [0.1, 0.15) is 31.4 Å². The number of hydrogen-bond donors (Lipinski definition) is 0. The van der Waals surface area contributed by atoms with Crippen molar-refractivity contribution in [3.8, 4) is 28.8 Å². The summed E-state index contributed by atoms with van der Waals surface area (Å²) in [7, 11) is 3.16. The quantitative estimate of drug-likeness (QED) is 0.553. The number of nitrogens with zero attached hydrogens (tertiary/aromatic N) is 5. The van der Waals surface area contributed by atoms with Gasteiger partial charge < -0.3 is 23.6 Å². The summed E-state index contributed by atoms with van der Waals surface area (Å²) in [5, 5.41) is 4.05. The van der Waals surface area contributed by atoms with E-state index < -0.39 is 0 Å². The first-order chi connectivity index (χ1) is 14.7. The Labute approximate surface area is 175 Å². The van der Waals surface area contributed by atoms with Crippen molar-refractivity contribution in [2.75, 3.05) is 32.2 Å². The van der Waals surface area contributed by atoms with E-state index >= 15 is 0 Å². The first kappa shape index (κ1) is 19.9. The minimum absolute atomic E-state index is 0.110. The van der Waals surface area contributed by atoms with E-state index in [0.29, 0.717) is 40.6 Å². The van der Waals surface area contributed by atoms with E-state index in [1.807, 2.05) is 24.3 Å². The molecule has 3 aromatic rings. The number of para-hydroxylation sites is 1. The summed E-state index contributed by atoms with van der Waals surface area (Å²) in [5.74, 6) is 3.11. The van der Waals surface area contributed by atoms with Gasteiger partial charge in [0.05, 0.1) is 19.8 Å². The van der Waals surface area contributed by atoms with Crippen molar-refractivity contribution in [3.05, 3.63) is 35.9 Å². The molecule has 0 radical (unpaired) electrons. The molecule has 0 unspecified atom stereocenters. The highest BCUT2D eigenvalue weighted by atomic mass is 16.5. The van der Waals surface area contributed by atoms with Crippen molar-refractivity contribution in [2.45, 2.75) is 32.8 Å². The van der Waals surface area contributed by atoms with Crippen molar-refractivity contribution in [2.24, 2.45) is 0 Å². The normalized spacial score (nSPS) is 13.5. The van der Waals surface area contributed by atoms with Gasteiger partial charge in [0.1, 0.15) is 0 Å². The molecule has 0 saturated carbocycles. The Morgan fingerprint density at radius 3 is 2.63 bits per heavy atom. The molecule has 9 nitrogen and oxygen atoms in total. The van der Waals surface area contributed by atoms with Gasteiger partial charge in [-0.25, -0.2) is 4.98 Å². The summed E-state index contributed by atoms with van der Waals surface area (Å²) >= 11 is 0. The molecule has 1 aliphatic rings. The third-order valence-corrected chi connectivity index (χ3v) is 4.95. The Morgan fingerprint density at radius 1 is 1.07 bits per heavy atom. The average Bonchev–Trinajstić information content (AvgIpc) is 3.49. The standard InChI is InChI=1S/C21H25N5O4/c1-4-14-12-17(24-21(22-14)26-10-5-6-11-26)29-13-18-23-20(25-30-18)15-8-7-9-16(27-2)19(15)28-3/h7-9,12H,4-6,10-11,13H2,1-3H3. The Balaban J connectivity index is 1.51. The summed E-state index contributed by atoms with van der Waals surface area (Å²) in [6.45, 7) is 4.12. The van der Waals surface area contributed by atoms with E-state index in [1.165, 1.54) is 0 Å². The number of anilines is 1. The lowest BCUT2D eigenvalue weighted by Gasteiger charge is -2.16. The predicted octanol–water partition coefficient (Wildman–Crippen LogP) is 3.29. The van der Waals surface area contributed by atoms with Crippen molar-refractivity contribution >= 4 is 5.95 Å². The molecular weight excluding hydrogens is 386 g/mol. The van der Waals surface area contributed by atoms with Gasteiger partial charge in [-0.15, -0.1) is 0 Å². The molecule has 0 amide bonds. The minimum Gasteiger partial charge on any atom is -0.493 e. The molecule has 0 atom stereocenters. The topological polar surface area (TPSA) is 95.6 Å². The maximum Gasteiger partial charge on any atom is 0.264 e. The molecule has 1 saturated heterocycles. The zero-order chi connectivity index (χ0) is 20.9. The molecule has 4 rings (SSSR count). The van der Waals surface area contributed by atoms with Crippen LogP contribution in [0.3, 0.4) is 0 Å². The van der Waals surface area contributed by atoms with Gasteiger partial charge in [-0.3, -0.25) is 0 Å². The highest BCUT2D eigenvalue weighted by Gasteiger charge is 2.19. The summed E-state index contributed by atoms with van der Waals surface area (Å²) < 4.78 is 22.0. The summed E-state index contributed by atoms with van der Waals surface area (Å²) in [6, 6.07) is 7.35. The van der Waals surface area contributed by atoms with Crippen LogP contribution in [0.15, 0.2) is 28.8 Å². The van der Waals surface area contributed by atoms with Crippen LogP contribution in [-0.2, 0) is 13.0 Å². The van der Waals surface area contributed by atoms with Crippen molar-refractivity contribution < 1.29 is 18.7 Å². The number of ether oxygens (including phenoxy) is 3. The number of methoxy groups -OCH3 is 2. The van der Waals surface area contributed by atoms with Gasteiger partial charge in [-0.05, 0) is 31.4 Å². The van der Waals surface area contributed by atoms with E-state index in [1.54, 1.807) is 14.2 Å². The molecule has 3 heterocycles. The van der Waals surface area contributed by atoms with Crippen LogP contribution < -0.4 is 19.1 Å². The summed E-state index contributed by atoms with van der Waals surface area (Å²) in [4.78, 5) is 15.8. The maximum absolute atomic E-state index is 5.86. The lowest BCUT2D eigenvalue weighted by molar-refractivity contribution is 0.235. The Bertz CT molecular complexity index is 1000. The van der Waals surface area contributed by atoms with Gasteiger partial charge in [-0.2, -0.15) is 9.97 Å². The first-order valence-electron chi connectivity index (χ1n) is 10.0. The van der Waals surface area contributed by atoms with E-state index in [0.717, 1.165) is 38.0 Å². The Kier molecular flexibility index (Phi) is 5.97. The molecule has 0 spiro atoms. The van der Waals surface area contributed by atoms with Gasteiger partial charge in [-0.1, -0.05) is 18.1 Å². The summed E-state index contributed by atoms with van der Waals surface area (Å²) in [5.41, 5.74) is 1.62. The van der Waals surface area contributed by atoms with Crippen LogP contribution >= 0.6 is 0 Å². The summed E-state index contributed by atoms with van der Waals surface area (Å²) in [6.07, 6.45) is 3.13. The lowest BCUT2D eigenvalue weighted by atomic mass is 10.1. The Hall–Kier alpha value is -3.36. The third kappa shape index (κ3) is 4.14. The van der Waals surface area contributed by atoms with Crippen LogP contribution in [0.5, 0.6) is 17.4 Å². The molecule has 1 fully saturated rings. The molecule has 158 valence electrons. The number of rotatable bonds is 8. The van der Waals surface area contributed by atoms with Crippen LogP contribution in [0, 0.1) is 0 Å². The molecule has 0 N–H and O–H groups in total. The fourth-order valence-electron chi connectivity index (χ4n) is 3.39. The van der Waals surface area contributed by atoms with Gasteiger partial charge >= 0.3 is 0 Å². The molecule has 30 heavy (non-hydrogen) atoms. The largest absolute Gasteiger partial charge is 0.493 e. The van der Waals surface area contributed by atoms with Gasteiger partial charge in [0.15, 0.2) is 18.1 Å². The van der Waals surface area contributed by atoms with Gasteiger partial charge in [0.2, 0.25) is 17.7 Å². The fraction of sp³-hybridized carbons (Fsp3) is 0.429. The predicted molar refractivity (Wildman–Crippen MR) is 110 cm³/mol. The average molecular weight is 411 g/mol. The molecule has 2 aromatic heterocycles. The van der Waals surface area contributed by atoms with Gasteiger partial charge in [0.25, 0.3) is 5.89 Å². The van der Waals surface area contributed by atoms with Crippen molar-refractivity contribution in [1.29, 1.82) is 0 Å². The zero-order valence-electron chi connectivity index (χ0n) is 17.4. The molecule has 1 aromatic carbocycles. The highest BCUT2D eigenvalue weighted by Crippen LogP contribution is 2.36. The molecule has 0 bridgehead atoms. The maximum atomic E-state index is 5.86. The second-order valence-corrected chi connectivity index (χ2v) is 6.89. The van der Waals surface area contributed by atoms with Crippen LogP contribution in [0.25, 0.3) is 11.4 Å². The fourth-order valence-corrected chi connectivity index (χ4v) is 3.39. The monoisotopic (exact) mass is 411 g/mol. The molecule has 9 heteroatoms. The van der Waals surface area contributed by atoms with Crippen LogP contribution in [0.2, 0.25) is 0 Å². The zero-order valence-corrected chi connectivity index (χ0v) is 17.4. The van der Waals surface area contributed by atoms with E-state index in [4.69, 9.17) is 18.7 Å². The Morgan fingerprint density at radius 2 is 1.90 bits per heavy atom. The number of hydrogen-bond acceptors (Lipinski definition) is 9. The minimum atomic E-state index is 0.110. The van der Waals surface area contributed by atoms with Crippen molar-refractivity contribution in [3.63, 3.8) is 0 Å². The first-order valence-corrected chi connectivity index (χ1v) is 10.0. The van der Waals surface area contributed by atoms with E-state index in [-0.39, 0.29) is 6.61 Å². The van der Waals surface area contributed by atoms with Gasteiger partial charge in [0, 0.05) is 24.8 Å². The van der Waals surface area contributed by atoms with E-state index in [9.17, 15) is 0 Å². The van der Waals surface area contributed by atoms with Crippen LogP contribution in [0.4, 0.5) is 5.95 Å². The second-order valence-electron chi connectivity index (χ2n) is 6.89. The number of aromatic nitrogens is 4. The molecule has 0 aliphatic carbocycles. The van der Waals surface area contributed by atoms with Crippen molar-refractivity contribution in [1.82, 2.24) is 20.1 Å². The smallest absolute Gasteiger partial charge is 0.264 e. The number of benzene rings is 1. The second kappa shape index (κ2) is 8.98. The number of aryl methyl sites for hydroxylation is 1. The third-order valence-electron chi connectivity index (χ3n) is 4.95.